The number of aromatic nitrogens is 3. The number of likely N-dealkylation sites (tertiary alicyclic amines) is 1. The van der Waals surface area contributed by atoms with E-state index in [0.29, 0.717) is 47.5 Å². The lowest BCUT2D eigenvalue weighted by molar-refractivity contribution is 0.0787. The molecule has 0 aliphatic carbocycles. The van der Waals surface area contributed by atoms with Crippen LogP contribution in [0.1, 0.15) is 33.5 Å². The molecule has 2 aromatic carbocycles. The molecule has 0 bridgehead atoms. The number of benzene rings is 2. The largest absolute Gasteiger partial charge is 0.349 e. The normalized spacial score (nSPS) is 16.4. The van der Waals surface area contributed by atoms with Gasteiger partial charge in [-0.15, -0.1) is 0 Å². The zero-order valence-corrected chi connectivity index (χ0v) is 21.4. The zero-order chi connectivity index (χ0) is 27.1. The van der Waals surface area contributed by atoms with Crippen molar-refractivity contribution in [2.75, 3.05) is 25.0 Å². The molecule has 1 saturated heterocycles. The van der Waals surface area contributed by atoms with Gasteiger partial charge >= 0.3 is 0 Å². The molecule has 2 aliphatic rings. The summed E-state index contributed by atoms with van der Waals surface area (Å²) in [5.74, 6) is -0.636. The molecule has 0 radical (unpaired) electrons. The van der Waals surface area contributed by atoms with Gasteiger partial charge in [-0.2, -0.15) is 0 Å². The number of rotatable bonds is 5. The molecule has 2 aromatic heterocycles. The monoisotopic (exact) mass is 527 g/mol. The van der Waals surface area contributed by atoms with Crippen molar-refractivity contribution < 1.29 is 13.6 Å². The highest BCUT2D eigenvalue weighted by Crippen LogP contribution is 2.33. The van der Waals surface area contributed by atoms with Crippen LogP contribution in [0.2, 0.25) is 0 Å². The molecular weight excluding hydrogens is 500 g/mol. The summed E-state index contributed by atoms with van der Waals surface area (Å²) in [7, 11) is 1.85. The minimum Gasteiger partial charge on any atom is -0.349 e. The van der Waals surface area contributed by atoms with Crippen LogP contribution in [0.15, 0.2) is 65.9 Å². The third-order valence-electron chi connectivity index (χ3n) is 7.32. The van der Waals surface area contributed by atoms with Crippen LogP contribution in [0.5, 0.6) is 0 Å². The fourth-order valence-electron chi connectivity index (χ4n) is 5.21. The Morgan fingerprint density at radius 2 is 1.90 bits per heavy atom. The molecule has 2 aliphatic heterocycles. The smallest absolute Gasteiger partial charge is 0.253 e. The summed E-state index contributed by atoms with van der Waals surface area (Å²) in [5.41, 5.74) is 9.81. The van der Waals surface area contributed by atoms with Gasteiger partial charge in [0.15, 0.2) is 0 Å². The summed E-state index contributed by atoms with van der Waals surface area (Å²) in [6, 6.07) is 12.8. The predicted octanol–water partition coefficient (Wildman–Crippen LogP) is 4.28. The highest BCUT2D eigenvalue weighted by Gasteiger charge is 2.28. The van der Waals surface area contributed by atoms with Gasteiger partial charge < -0.3 is 20.5 Å². The van der Waals surface area contributed by atoms with E-state index in [9.17, 15) is 13.6 Å². The highest BCUT2D eigenvalue weighted by atomic mass is 19.1. The predicted molar refractivity (Wildman–Crippen MR) is 145 cm³/mol. The summed E-state index contributed by atoms with van der Waals surface area (Å²) in [6.45, 7) is 2.17. The second-order valence-electron chi connectivity index (χ2n) is 9.86. The molecule has 1 atom stereocenters. The molecule has 1 fully saturated rings. The van der Waals surface area contributed by atoms with Crippen molar-refractivity contribution in [2.24, 2.45) is 23.7 Å². The van der Waals surface area contributed by atoms with Gasteiger partial charge in [0, 0.05) is 54.9 Å². The molecule has 4 heterocycles. The highest BCUT2D eigenvalue weighted by molar-refractivity contribution is 6.16. The Hall–Kier alpha value is -4.44. The van der Waals surface area contributed by atoms with Crippen LogP contribution in [0.25, 0.3) is 11.4 Å². The first kappa shape index (κ1) is 24.9. The number of fused-ring (bicyclic) bond motifs is 3. The quantitative estimate of drug-likeness (QED) is 0.404. The Balaban J connectivity index is 1.27. The van der Waals surface area contributed by atoms with E-state index in [2.05, 4.69) is 15.3 Å². The fraction of sp³-hybridized carbons (Fsp3) is 0.241. The number of nitrogens with one attached hydrogen (secondary N) is 1. The van der Waals surface area contributed by atoms with Crippen molar-refractivity contribution in [3.05, 3.63) is 94.8 Å². The number of anilines is 2. The Kier molecular flexibility index (Phi) is 6.40. The minimum absolute atomic E-state index is 0.00267. The Morgan fingerprint density at radius 1 is 1.13 bits per heavy atom. The summed E-state index contributed by atoms with van der Waals surface area (Å²) in [6.07, 6.45) is 4.42. The van der Waals surface area contributed by atoms with Crippen molar-refractivity contribution in [1.82, 2.24) is 19.4 Å². The first-order valence-corrected chi connectivity index (χ1v) is 12.8. The van der Waals surface area contributed by atoms with E-state index >= 15 is 0 Å². The number of nitrogens with two attached hydrogens (primary N) is 1. The van der Waals surface area contributed by atoms with Crippen LogP contribution in [-0.2, 0) is 13.6 Å². The average molecular weight is 528 g/mol. The Labute approximate surface area is 224 Å². The molecule has 1 unspecified atom stereocenters. The SMILES string of the molecule is Cn1ccc2c1-c1nc(Nc3ccc(C(=O)N4CCC(CN)C4)cc3)ncc1CN=C2c1c(F)cccc1F. The Bertz CT molecular complexity index is 1580. The Morgan fingerprint density at radius 3 is 2.62 bits per heavy atom. The van der Waals surface area contributed by atoms with Gasteiger partial charge in [-0.25, -0.2) is 18.7 Å². The summed E-state index contributed by atoms with van der Waals surface area (Å²) < 4.78 is 31.3. The molecular formula is C29H27F2N7O. The van der Waals surface area contributed by atoms with Gasteiger partial charge in [0.25, 0.3) is 5.91 Å². The maximum absolute atomic E-state index is 14.7. The molecule has 6 rings (SSSR count). The van der Waals surface area contributed by atoms with Crippen molar-refractivity contribution >= 4 is 23.3 Å². The first-order valence-electron chi connectivity index (χ1n) is 12.8. The van der Waals surface area contributed by atoms with Crippen LogP contribution in [0.4, 0.5) is 20.4 Å². The molecule has 10 heteroatoms. The number of halogens is 2. The molecule has 4 aromatic rings. The summed E-state index contributed by atoms with van der Waals surface area (Å²) in [4.78, 5) is 28.5. The molecule has 198 valence electrons. The van der Waals surface area contributed by atoms with Crippen molar-refractivity contribution in [2.45, 2.75) is 13.0 Å². The van der Waals surface area contributed by atoms with Crippen LogP contribution in [0, 0.1) is 17.6 Å². The van der Waals surface area contributed by atoms with Crippen molar-refractivity contribution in [1.29, 1.82) is 0 Å². The van der Waals surface area contributed by atoms with Gasteiger partial charge in [0.05, 0.1) is 29.2 Å². The van der Waals surface area contributed by atoms with E-state index < -0.39 is 11.6 Å². The molecule has 1 amide bonds. The lowest BCUT2D eigenvalue weighted by atomic mass is 10.00. The van der Waals surface area contributed by atoms with Crippen LogP contribution >= 0.6 is 0 Å². The van der Waals surface area contributed by atoms with Gasteiger partial charge in [0.2, 0.25) is 5.95 Å². The maximum atomic E-state index is 14.7. The summed E-state index contributed by atoms with van der Waals surface area (Å²) >= 11 is 0. The van der Waals surface area contributed by atoms with E-state index in [1.54, 1.807) is 24.4 Å². The van der Waals surface area contributed by atoms with Gasteiger partial charge in [-0.05, 0) is 61.3 Å². The third-order valence-corrected chi connectivity index (χ3v) is 7.32. The third kappa shape index (κ3) is 4.57. The number of carbonyl (C=O) groups is 1. The standard InChI is InChI=1S/C29H27F2N7O/c1-37-11-10-21-26(24-22(30)3-2-4-23(24)31)33-14-19-15-34-29(36-25(19)27(21)37)35-20-7-5-18(6-8-20)28(39)38-12-9-17(13-32)16-38/h2-8,10-11,15,17H,9,12-14,16,32H2,1H3,(H,34,35,36). The van der Waals surface area contributed by atoms with E-state index in [4.69, 9.17) is 10.7 Å². The van der Waals surface area contributed by atoms with Gasteiger partial charge in [-0.3, -0.25) is 9.79 Å². The summed E-state index contributed by atoms with van der Waals surface area (Å²) in [5, 5.41) is 3.20. The fourth-order valence-corrected chi connectivity index (χ4v) is 5.21. The van der Waals surface area contributed by atoms with E-state index in [1.165, 1.54) is 18.2 Å². The zero-order valence-electron chi connectivity index (χ0n) is 21.4. The van der Waals surface area contributed by atoms with Gasteiger partial charge in [0.1, 0.15) is 11.6 Å². The lowest BCUT2D eigenvalue weighted by Gasteiger charge is -2.16. The second kappa shape index (κ2) is 10.0. The van der Waals surface area contributed by atoms with Gasteiger partial charge in [-0.1, -0.05) is 6.07 Å². The topological polar surface area (TPSA) is 101 Å². The van der Waals surface area contributed by atoms with Crippen LogP contribution in [0.3, 0.4) is 0 Å². The second-order valence-corrected chi connectivity index (χ2v) is 9.86. The van der Waals surface area contributed by atoms with E-state index in [0.717, 1.165) is 24.2 Å². The number of aliphatic imine (C=N–C) groups is 1. The van der Waals surface area contributed by atoms with Crippen LogP contribution < -0.4 is 11.1 Å². The number of hydrogen-bond acceptors (Lipinski definition) is 6. The van der Waals surface area contributed by atoms with Crippen molar-refractivity contribution in [3.8, 4) is 11.4 Å². The number of carbonyl (C=O) groups excluding carboxylic acids is 1. The maximum Gasteiger partial charge on any atom is 0.253 e. The van der Waals surface area contributed by atoms with E-state index in [1.807, 2.05) is 34.8 Å². The lowest BCUT2D eigenvalue weighted by Crippen LogP contribution is -2.29. The number of amides is 1. The molecule has 8 nitrogen and oxygen atoms in total. The number of hydrogen-bond donors (Lipinski definition) is 2. The molecule has 0 spiro atoms. The number of nitrogens with zero attached hydrogens (tertiary/aromatic N) is 5. The minimum atomic E-state index is -0.672. The van der Waals surface area contributed by atoms with Crippen molar-refractivity contribution in [3.63, 3.8) is 0 Å². The van der Waals surface area contributed by atoms with E-state index in [-0.39, 0.29) is 23.7 Å². The number of aryl methyl sites for hydroxylation is 1. The average Bonchev–Trinajstić information content (AvgIpc) is 3.54. The molecule has 39 heavy (non-hydrogen) atoms. The molecule has 0 saturated carbocycles. The molecule has 3 N–H and O–H groups in total. The first-order chi connectivity index (χ1) is 18.9. The van der Waals surface area contributed by atoms with Crippen LogP contribution in [-0.4, -0.2) is 50.7 Å².